The van der Waals surface area contributed by atoms with Crippen molar-refractivity contribution < 1.29 is 4.92 Å². The van der Waals surface area contributed by atoms with E-state index in [0.29, 0.717) is 22.5 Å². The number of nitrogens with zero attached hydrogens (tertiary/aromatic N) is 5. The van der Waals surface area contributed by atoms with E-state index in [2.05, 4.69) is 30.5 Å². The molecule has 0 bridgehead atoms. The molecule has 104 valence electrons. The summed E-state index contributed by atoms with van der Waals surface area (Å²) in [6, 6.07) is 6.15. The molecule has 0 fully saturated rings. The van der Waals surface area contributed by atoms with Gasteiger partial charge in [0.2, 0.25) is 0 Å². The fourth-order valence-corrected chi connectivity index (χ4v) is 1.74. The third-order valence-corrected chi connectivity index (χ3v) is 2.69. The summed E-state index contributed by atoms with van der Waals surface area (Å²) in [6.07, 6.45) is 4.35. The number of non-ortho nitro benzene ring substituents is 1. The molecule has 2 N–H and O–H groups in total. The monoisotopic (exact) mass is 283 g/mol. The molecule has 0 aliphatic heterocycles. The van der Waals surface area contributed by atoms with Crippen LogP contribution in [0.3, 0.4) is 0 Å². The number of H-pyrrole nitrogens is 1. The van der Waals surface area contributed by atoms with Crippen LogP contribution in [0.1, 0.15) is 5.56 Å². The first-order valence-corrected chi connectivity index (χ1v) is 5.91. The van der Waals surface area contributed by atoms with E-state index in [0.717, 1.165) is 0 Å². The van der Waals surface area contributed by atoms with E-state index in [4.69, 9.17) is 0 Å². The zero-order chi connectivity index (χ0) is 14.7. The molecule has 1 aromatic carbocycles. The lowest BCUT2D eigenvalue weighted by molar-refractivity contribution is -0.384. The van der Waals surface area contributed by atoms with Crippen molar-refractivity contribution >= 4 is 28.9 Å². The van der Waals surface area contributed by atoms with Crippen LogP contribution >= 0.6 is 0 Å². The second-order valence-corrected chi connectivity index (χ2v) is 4.05. The average molecular weight is 283 g/mol. The van der Waals surface area contributed by atoms with Gasteiger partial charge in [0, 0.05) is 17.7 Å². The van der Waals surface area contributed by atoms with Gasteiger partial charge in [0.25, 0.3) is 5.69 Å². The summed E-state index contributed by atoms with van der Waals surface area (Å²) in [7, 11) is 0. The number of aromatic amines is 1. The lowest BCUT2D eigenvalue weighted by atomic mass is 10.2. The second kappa shape index (κ2) is 5.33. The van der Waals surface area contributed by atoms with E-state index < -0.39 is 4.92 Å². The van der Waals surface area contributed by atoms with Crippen LogP contribution in [0.15, 0.2) is 42.0 Å². The highest BCUT2D eigenvalue weighted by molar-refractivity contribution is 5.84. The second-order valence-electron chi connectivity index (χ2n) is 4.05. The van der Waals surface area contributed by atoms with Crippen LogP contribution in [0.2, 0.25) is 0 Å². The molecule has 0 saturated carbocycles. The van der Waals surface area contributed by atoms with Gasteiger partial charge in [-0.25, -0.2) is 15.0 Å². The van der Waals surface area contributed by atoms with Crippen LogP contribution in [-0.2, 0) is 0 Å². The maximum atomic E-state index is 10.7. The Kier molecular flexibility index (Phi) is 3.21. The first kappa shape index (κ1) is 12.7. The third-order valence-electron chi connectivity index (χ3n) is 2.69. The molecule has 0 saturated heterocycles. The zero-order valence-electron chi connectivity index (χ0n) is 10.6. The maximum absolute atomic E-state index is 10.7. The van der Waals surface area contributed by atoms with Gasteiger partial charge in [-0.3, -0.25) is 15.5 Å². The van der Waals surface area contributed by atoms with E-state index in [1.54, 1.807) is 12.1 Å². The maximum Gasteiger partial charge on any atom is 0.270 e. The van der Waals surface area contributed by atoms with Crippen LogP contribution < -0.4 is 5.43 Å². The Balaban J connectivity index is 1.79. The smallest absolute Gasteiger partial charge is 0.270 e. The van der Waals surface area contributed by atoms with Gasteiger partial charge >= 0.3 is 0 Å². The lowest BCUT2D eigenvalue weighted by Gasteiger charge is -1.99. The minimum atomic E-state index is -0.455. The van der Waals surface area contributed by atoms with Gasteiger partial charge < -0.3 is 4.98 Å². The molecule has 9 nitrogen and oxygen atoms in total. The molecule has 0 aliphatic carbocycles. The third kappa shape index (κ3) is 2.66. The van der Waals surface area contributed by atoms with E-state index in [1.807, 2.05) is 0 Å². The number of hydrogen-bond donors (Lipinski definition) is 2. The predicted molar refractivity (Wildman–Crippen MR) is 76.0 cm³/mol. The quantitative estimate of drug-likeness (QED) is 0.427. The van der Waals surface area contributed by atoms with Gasteiger partial charge in [-0.2, -0.15) is 5.10 Å². The molecule has 0 spiro atoms. The predicted octanol–water partition coefficient (Wildman–Crippen LogP) is 1.71. The summed E-state index contributed by atoms with van der Waals surface area (Å²) in [6.45, 7) is 0. The standard InChI is InChI=1S/C12H9N7O2/c20-19(21)9-3-1-2-8(4-9)5-17-18-12-10-11(14-6-13-10)15-7-16-12/h1-7H,(H2,13,14,15,16,18). The van der Waals surface area contributed by atoms with Crippen molar-refractivity contribution in [2.24, 2.45) is 5.10 Å². The first-order valence-electron chi connectivity index (χ1n) is 5.91. The minimum Gasteiger partial charge on any atom is -0.340 e. The van der Waals surface area contributed by atoms with Crippen LogP contribution in [0.4, 0.5) is 11.5 Å². The first-order chi connectivity index (χ1) is 10.2. The van der Waals surface area contributed by atoms with Crippen LogP contribution in [0.25, 0.3) is 11.2 Å². The van der Waals surface area contributed by atoms with Crippen molar-refractivity contribution in [1.82, 2.24) is 19.9 Å². The van der Waals surface area contributed by atoms with Crippen LogP contribution in [0.5, 0.6) is 0 Å². The number of aromatic nitrogens is 4. The van der Waals surface area contributed by atoms with E-state index in [9.17, 15) is 10.1 Å². The van der Waals surface area contributed by atoms with Crippen molar-refractivity contribution in [3.05, 3.63) is 52.6 Å². The van der Waals surface area contributed by atoms with Gasteiger partial charge in [0.15, 0.2) is 11.5 Å². The Labute approximate surface area is 117 Å². The minimum absolute atomic E-state index is 0.0111. The van der Waals surface area contributed by atoms with Gasteiger partial charge in [0.05, 0.1) is 17.5 Å². The van der Waals surface area contributed by atoms with Gasteiger partial charge in [-0.15, -0.1) is 0 Å². The summed E-state index contributed by atoms with van der Waals surface area (Å²) in [5, 5.41) is 14.7. The summed E-state index contributed by atoms with van der Waals surface area (Å²) in [5.41, 5.74) is 4.52. The fraction of sp³-hybridized carbons (Fsp3) is 0. The molecule has 0 amide bonds. The highest BCUT2D eigenvalue weighted by Crippen LogP contribution is 2.14. The molecule has 2 aromatic heterocycles. The van der Waals surface area contributed by atoms with Crippen LogP contribution in [0, 0.1) is 10.1 Å². The summed E-state index contributed by atoms with van der Waals surface area (Å²) >= 11 is 0. The average Bonchev–Trinajstić information content (AvgIpc) is 2.97. The van der Waals surface area contributed by atoms with Crippen molar-refractivity contribution in [1.29, 1.82) is 0 Å². The number of anilines is 1. The van der Waals surface area contributed by atoms with Crippen molar-refractivity contribution in [2.45, 2.75) is 0 Å². The molecule has 3 rings (SSSR count). The molecular weight excluding hydrogens is 274 g/mol. The molecule has 3 aromatic rings. The van der Waals surface area contributed by atoms with Gasteiger partial charge in [-0.1, -0.05) is 12.1 Å². The van der Waals surface area contributed by atoms with Gasteiger partial charge in [-0.05, 0) is 0 Å². The topological polar surface area (TPSA) is 122 Å². The normalized spacial score (nSPS) is 11.0. The molecule has 9 heteroatoms. The molecular formula is C12H9N7O2. The molecule has 0 radical (unpaired) electrons. The van der Waals surface area contributed by atoms with E-state index in [-0.39, 0.29) is 5.69 Å². The number of nitrogens with one attached hydrogen (secondary N) is 2. The van der Waals surface area contributed by atoms with Crippen molar-refractivity contribution in [3.8, 4) is 0 Å². The van der Waals surface area contributed by atoms with E-state index in [1.165, 1.54) is 31.0 Å². The fourth-order valence-electron chi connectivity index (χ4n) is 1.74. The molecule has 21 heavy (non-hydrogen) atoms. The largest absolute Gasteiger partial charge is 0.340 e. The zero-order valence-corrected chi connectivity index (χ0v) is 10.6. The number of imidazole rings is 1. The highest BCUT2D eigenvalue weighted by atomic mass is 16.6. The van der Waals surface area contributed by atoms with Crippen LogP contribution in [-0.4, -0.2) is 31.1 Å². The Bertz CT molecular complexity index is 827. The number of hydrogen-bond acceptors (Lipinski definition) is 7. The van der Waals surface area contributed by atoms with E-state index >= 15 is 0 Å². The summed E-state index contributed by atoms with van der Waals surface area (Å²) in [4.78, 5) is 25.1. The Hall–Kier alpha value is -3.36. The highest BCUT2D eigenvalue weighted by Gasteiger charge is 2.05. The number of fused-ring (bicyclic) bond motifs is 1. The number of nitro benzene ring substituents is 1. The Morgan fingerprint density at radius 2 is 2.24 bits per heavy atom. The number of nitro groups is 1. The van der Waals surface area contributed by atoms with Crippen molar-refractivity contribution in [3.63, 3.8) is 0 Å². The lowest BCUT2D eigenvalue weighted by Crippen LogP contribution is -1.96. The Morgan fingerprint density at radius 1 is 1.33 bits per heavy atom. The number of benzene rings is 1. The number of rotatable bonds is 4. The number of hydrazone groups is 1. The van der Waals surface area contributed by atoms with Crippen molar-refractivity contribution in [2.75, 3.05) is 5.43 Å². The molecule has 0 unspecified atom stereocenters. The summed E-state index contributed by atoms with van der Waals surface area (Å²) in [5.74, 6) is 0.471. The molecule has 0 aliphatic rings. The molecule has 0 atom stereocenters. The molecule has 2 heterocycles. The van der Waals surface area contributed by atoms with Gasteiger partial charge in [0.1, 0.15) is 11.8 Å². The Morgan fingerprint density at radius 3 is 3.10 bits per heavy atom. The SMILES string of the molecule is O=[N+]([O-])c1cccc(C=NNc2ncnc3nc[nH]c23)c1. The summed E-state index contributed by atoms with van der Waals surface area (Å²) < 4.78 is 0.